The number of non-ortho nitro benzene ring substituents is 1. The van der Waals surface area contributed by atoms with Crippen LogP contribution in [0.2, 0.25) is 0 Å². The van der Waals surface area contributed by atoms with Crippen LogP contribution in [0.25, 0.3) is 0 Å². The monoisotopic (exact) mass is 361 g/mol. The van der Waals surface area contributed by atoms with Gasteiger partial charge in [0.15, 0.2) is 0 Å². The third kappa shape index (κ3) is 4.38. The Kier molecular flexibility index (Phi) is 6.32. The van der Waals surface area contributed by atoms with Crippen molar-refractivity contribution in [1.29, 1.82) is 0 Å². The van der Waals surface area contributed by atoms with Gasteiger partial charge in [-0.3, -0.25) is 10.1 Å². The summed E-state index contributed by atoms with van der Waals surface area (Å²) >= 11 is 0. The maximum Gasteiger partial charge on any atom is 0.338 e. The summed E-state index contributed by atoms with van der Waals surface area (Å²) in [4.78, 5) is 34.8. The third-order valence-electron chi connectivity index (χ3n) is 4.53. The van der Waals surface area contributed by atoms with Crippen molar-refractivity contribution in [2.45, 2.75) is 39.7 Å². The SMILES string of the molecule is CCC(CC)COC(=O)C1=C(C)NC(=O)N[C@H]1c1ccc([N+](=O)[O-])cc1. The number of benzene rings is 1. The summed E-state index contributed by atoms with van der Waals surface area (Å²) in [5, 5.41) is 16.1. The van der Waals surface area contributed by atoms with Crippen molar-refractivity contribution in [1.82, 2.24) is 10.6 Å². The summed E-state index contributed by atoms with van der Waals surface area (Å²) in [6.07, 6.45) is 1.81. The van der Waals surface area contributed by atoms with Crippen molar-refractivity contribution in [3.8, 4) is 0 Å². The highest BCUT2D eigenvalue weighted by Crippen LogP contribution is 2.29. The molecule has 0 fully saturated rings. The first-order valence-corrected chi connectivity index (χ1v) is 8.57. The Labute approximate surface area is 151 Å². The molecule has 0 saturated heterocycles. The number of nitrogens with one attached hydrogen (secondary N) is 2. The van der Waals surface area contributed by atoms with E-state index in [4.69, 9.17) is 4.74 Å². The van der Waals surface area contributed by atoms with Crippen LogP contribution in [0, 0.1) is 16.0 Å². The van der Waals surface area contributed by atoms with Gasteiger partial charge in [-0.2, -0.15) is 0 Å². The van der Waals surface area contributed by atoms with Crippen LogP contribution >= 0.6 is 0 Å². The average molecular weight is 361 g/mol. The second kappa shape index (κ2) is 8.46. The molecule has 1 aromatic carbocycles. The first-order valence-electron chi connectivity index (χ1n) is 8.57. The number of rotatable bonds is 7. The number of nitro benzene ring substituents is 1. The van der Waals surface area contributed by atoms with Gasteiger partial charge in [0.2, 0.25) is 0 Å². The molecular weight excluding hydrogens is 338 g/mol. The van der Waals surface area contributed by atoms with Crippen LogP contribution in [0.5, 0.6) is 0 Å². The molecule has 0 saturated carbocycles. The van der Waals surface area contributed by atoms with Gasteiger partial charge in [0.25, 0.3) is 5.69 Å². The zero-order valence-corrected chi connectivity index (χ0v) is 15.1. The normalized spacial score (nSPS) is 16.9. The number of ether oxygens (including phenoxy) is 1. The van der Waals surface area contributed by atoms with E-state index < -0.39 is 23.0 Å². The second-order valence-electron chi connectivity index (χ2n) is 6.20. The van der Waals surface area contributed by atoms with E-state index in [9.17, 15) is 19.7 Å². The van der Waals surface area contributed by atoms with Crippen molar-refractivity contribution in [3.05, 3.63) is 51.2 Å². The molecule has 1 aliphatic rings. The van der Waals surface area contributed by atoms with Gasteiger partial charge in [-0.25, -0.2) is 9.59 Å². The number of allylic oxidation sites excluding steroid dienone is 1. The van der Waals surface area contributed by atoms with Crippen LogP contribution in [0.15, 0.2) is 35.5 Å². The largest absolute Gasteiger partial charge is 0.462 e. The number of hydrogen-bond acceptors (Lipinski definition) is 5. The van der Waals surface area contributed by atoms with Gasteiger partial charge >= 0.3 is 12.0 Å². The Hall–Kier alpha value is -2.90. The van der Waals surface area contributed by atoms with Crippen molar-refractivity contribution in [2.75, 3.05) is 6.61 Å². The van der Waals surface area contributed by atoms with Crippen LogP contribution in [0.1, 0.15) is 45.2 Å². The smallest absolute Gasteiger partial charge is 0.338 e. The third-order valence-corrected chi connectivity index (χ3v) is 4.53. The highest BCUT2D eigenvalue weighted by molar-refractivity contribution is 5.95. The lowest BCUT2D eigenvalue weighted by atomic mass is 9.95. The average Bonchev–Trinajstić information content (AvgIpc) is 2.61. The number of amides is 2. The molecule has 1 atom stereocenters. The second-order valence-corrected chi connectivity index (χ2v) is 6.20. The van der Waals surface area contributed by atoms with Crippen LogP contribution in [0.4, 0.5) is 10.5 Å². The van der Waals surface area contributed by atoms with Crippen molar-refractivity contribution in [3.63, 3.8) is 0 Å². The number of hydrogen-bond donors (Lipinski definition) is 2. The van der Waals surface area contributed by atoms with Crippen LogP contribution in [-0.2, 0) is 9.53 Å². The van der Waals surface area contributed by atoms with E-state index in [0.717, 1.165) is 12.8 Å². The van der Waals surface area contributed by atoms with Gasteiger partial charge in [0, 0.05) is 17.8 Å². The van der Waals surface area contributed by atoms with E-state index in [1.807, 2.05) is 13.8 Å². The van der Waals surface area contributed by atoms with Gasteiger partial charge < -0.3 is 15.4 Å². The Balaban J connectivity index is 2.27. The van der Waals surface area contributed by atoms with E-state index >= 15 is 0 Å². The molecule has 0 aromatic heterocycles. The minimum absolute atomic E-state index is 0.0624. The summed E-state index contributed by atoms with van der Waals surface area (Å²) in [6.45, 7) is 6.01. The van der Waals surface area contributed by atoms with Gasteiger partial charge in [0.1, 0.15) is 0 Å². The van der Waals surface area contributed by atoms with E-state index in [2.05, 4.69) is 10.6 Å². The summed E-state index contributed by atoms with van der Waals surface area (Å²) in [6, 6.07) is 4.56. The molecule has 8 nitrogen and oxygen atoms in total. The molecule has 140 valence electrons. The van der Waals surface area contributed by atoms with Crippen molar-refractivity contribution < 1.29 is 19.2 Å². The lowest BCUT2D eigenvalue weighted by Crippen LogP contribution is -2.45. The maximum atomic E-state index is 12.6. The molecule has 0 aliphatic carbocycles. The molecule has 1 heterocycles. The predicted octanol–water partition coefficient (Wildman–Crippen LogP) is 3.20. The van der Waals surface area contributed by atoms with Gasteiger partial charge in [-0.05, 0) is 30.5 Å². The number of nitro groups is 1. The number of nitrogens with zero attached hydrogens (tertiary/aromatic N) is 1. The molecule has 1 aliphatic heterocycles. The van der Waals surface area contributed by atoms with Crippen LogP contribution < -0.4 is 10.6 Å². The molecular formula is C18H23N3O5. The van der Waals surface area contributed by atoms with E-state index in [1.165, 1.54) is 24.3 Å². The summed E-state index contributed by atoms with van der Waals surface area (Å²) in [5.41, 5.74) is 1.21. The Morgan fingerprint density at radius 3 is 2.42 bits per heavy atom. The molecule has 2 amide bonds. The lowest BCUT2D eigenvalue weighted by Gasteiger charge is -2.28. The highest BCUT2D eigenvalue weighted by Gasteiger charge is 2.32. The number of urea groups is 1. The Morgan fingerprint density at radius 2 is 1.88 bits per heavy atom. The van der Waals surface area contributed by atoms with Crippen LogP contribution in [-0.4, -0.2) is 23.5 Å². The number of carbonyl (C=O) groups is 2. The molecule has 26 heavy (non-hydrogen) atoms. The zero-order valence-electron chi connectivity index (χ0n) is 15.1. The van der Waals surface area contributed by atoms with Gasteiger partial charge in [-0.1, -0.05) is 26.7 Å². The summed E-state index contributed by atoms with van der Waals surface area (Å²) < 4.78 is 5.45. The highest BCUT2D eigenvalue weighted by atomic mass is 16.6. The topological polar surface area (TPSA) is 111 Å². The molecule has 2 rings (SSSR count). The molecule has 2 N–H and O–H groups in total. The molecule has 0 radical (unpaired) electrons. The fourth-order valence-corrected chi connectivity index (χ4v) is 2.80. The minimum atomic E-state index is -0.723. The van der Waals surface area contributed by atoms with Crippen LogP contribution in [0.3, 0.4) is 0 Å². The fourth-order valence-electron chi connectivity index (χ4n) is 2.80. The van der Waals surface area contributed by atoms with Gasteiger partial charge in [-0.15, -0.1) is 0 Å². The quantitative estimate of drug-likeness (QED) is 0.440. The summed E-state index contributed by atoms with van der Waals surface area (Å²) in [7, 11) is 0. The zero-order chi connectivity index (χ0) is 19.3. The molecule has 0 bridgehead atoms. The minimum Gasteiger partial charge on any atom is -0.462 e. The standard InChI is InChI=1S/C18H23N3O5/c1-4-12(5-2)10-26-17(22)15-11(3)19-18(23)20-16(15)13-6-8-14(9-7-13)21(24)25/h6-9,12,16H,4-5,10H2,1-3H3,(H2,19,20,23)/t16-/m0/s1. The maximum absolute atomic E-state index is 12.6. The first kappa shape index (κ1) is 19.4. The number of esters is 1. The Bertz CT molecular complexity index is 723. The predicted molar refractivity (Wildman–Crippen MR) is 95.2 cm³/mol. The molecule has 0 spiro atoms. The van der Waals surface area contributed by atoms with Gasteiger partial charge in [0.05, 0.1) is 23.1 Å². The molecule has 8 heteroatoms. The number of carbonyl (C=O) groups excluding carboxylic acids is 2. The van der Waals surface area contributed by atoms with E-state index in [-0.39, 0.29) is 11.6 Å². The van der Waals surface area contributed by atoms with Crippen molar-refractivity contribution >= 4 is 17.7 Å². The van der Waals surface area contributed by atoms with E-state index in [0.29, 0.717) is 23.4 Å². The molecule has 1 aromatic rings. The van der Waals surface area contributed by atoms with Crippen molar-refractivity contribution in [2.24, 2.45) is 5.92 Å². The summed E-state index contributed by atoms with van der Waals surface area (Å²) in [5.74, 6) is -0.228. The Morgan fingerprint density at radius 1 is 1.27 bits per heavy atom. The molecule has 0 unspecified atom stereocenters. The van der Waals surface area contributed by atoms with E-state index in [1.54, 1.807) is 6.92 Å². The first-order chi connectivity index (χ1) is 12.4. The fraction of sp³-hybridized carbons (Fsp3) is 0.444. The lowest BCUT2D eigenvalue weighted by molar-refractivity contribution is -0.384.